The molecule has 1 rings (SSSR count). The summed E-state index contributed by atoms with van der Waals surface area (Å²) in [5.41, 5.74) is 0. The first-order valence-electron chi connectivity index (χ1n) is 4.75. The Morgan fingerprint density at radius 3 is 3.13 bits per heavy atom. The fraction of sp³-hybridized carbons (Fsp3) is 0.500. The minimum absolute atomic E-state index is 0.0441. The maximum absolute atomic E-state index is 11.4. The highest BCUT2D eigenvalue weighted by Gasteiger charge is 2.11. The van der Waals surface area contributed by atoms with Gasteiger partial charge in [0.25, 0.3) is 0 Å². The lowest BCUT2D eigenvalue weighted by molar-refractivity contribution is -0.119. The summed E-state index contributed by atoms with van der Waals surface area (Å²) in [7, 11) is 0. The molecule has 1 atom stereocenters. The van der Waals surface area contributed by atoms with Crippen LogP contribution in [-0.2, 0) is 4.79 Å². The summed E-state index contributed by atoms with van der Waals surface area (Å²) in [4.78, 5) is 11.4. The molecule has 0 saturated heterocycles. The van der Waals surface area contributed by atoms with Gasteiger partial charge >= 0.3 is 0 Å². The van der Waals surface area contributed by atoms with E-state index in [-0.39, 0.29) is 18.6 Å². The lowest BCUT2D eigenvalue weighted by Crippen LogP contribution is -2.28. The molecule has 1 aromatic rings. The van der Waals surface area contributed by atoms with Crippen LogP contribution < -0.4 is 5.32 Å². The average molecular weight is 229 g/mol. The first kappa shape index (κ1) is 12.1. The second-order valence-corrected chi connectivity index (χ2v) is 4.19. The van der Waals surface area contributed by atoms with Crippen LogP contribution in [0.1, 0.15) is 18.7 Å². The van der Waals surface area contributed by atoms with Gasteiger partial charge in [-0.15, -0.1) is 11.8 Å². The van der Waals surface area contributed by atoms with Crippen LogP contribution in [0.15, 0.2) is 22.8 Å². The summed E-state index contributed by atoms with van der Waals surface area (Å²) < 4.78 is 5.16. The zero-order valence-electron chi connectivity index (χ0n) is 8.60. The number of hydrogen-bond donors (Lipinski definition) is 2. The SMILES string of the molecule is CC(NC(=O)CSCCO)c1ccco1. The van der Waals surface area contributed by atoms with Crippen molar-refractivity contribution >= 4 is 17.7 Å². The van der Waals surface area contributed by atoms with Crippen LogP contribution >= 0.6 is 11.8 Å². The van der Waals surface area contributed by atoms with E-state index in [1.54, 1.807) is 12.3 Å². The number of hydrogen-bond acceptors (Lipinski definition) is 4. The van der Waals surface area contributed by atoms with Crippen LogP contribution in [0.2, 0.25) is 0 Å². The van der Waals surface area contributed by atoms with E-state index >= 15 is 0 Å². The molecule has 0 aliphatic heterocycles. The summed E-state index contributed by atoms with van der Waals surface area (Å²) in [6.07, 6.45) is 1.58. The van der Waals surface area contributed by atoms with Crippen molar-refractivity contribution in [2.45, 2.75) is 13.0 Å². The van der Waals surface area contributed by atoms with Crippen molar-refractivity contribution in [1.82, 2.24) is 5.32 Å². The zero-order chi connectivity index (χ0) is 11.1. The molecule has 1 heterocycles. The number of aliphatic hydroxyl groups excluding tert-OH is 1. The van der Waals surface area contributed by atoms with Crippen LogP contribution in [0.25, 0.3) is 0 Å². The maximum Gasteiger partial charge on any atom is 0.230 e. The fourth-order valence-electron chi connectivity index (χ4n) is 1.12. The largest absolute Gasteiger partial charge is 0.467 e. The molecule has 1 unspecified atom stereocenters. The Bertz CT molecular complexity index is 287. The van der Waals surface area contributed by atoms with Gasteiger partial charge in [0.15, 0.2) is 0 Å². The Balaban J connectivity index is 2.26. The van der Waals surface area contributed by atoms with E-state index in [9.17, 15) is 4.79 Å². The van der Waals surface area contributed by atoms with Crippen molar-refractivity contribution in [2.75, 3.05) is 18.1 Å². The summed E-state index contributed by atoms with van der Waals surface area (Å²) in [6.45, 7) is 1.97. The van der Waals surface area contributed by atoms with Crippen LogP contribution in [0.5, 0.6) is 0 Å². The highest BCUT2D eigenvalue weighted by atomic mass is 32.2. The molecule has 5 heteroatoms. The molecule has 0 aromatic carbocycles. The standard InChI is InChI=1S/C10H15NO3S/c1-8(9-3-2-5-14-9)11-10(13)7-15-6-4-12/h2-3,5,8,12H,4,6-7H2,1H3,(H,11,13). The van der Waals surface area contributed by atoms with Crippen LogP contribution in [-0.4, -0.2) is 29.1 Å². The van der Waals surface area contributed by atoms with Gasteiger partial charge in [-0.05, 0) is 19.1 Å². The Morgan fingerprint density at radius 2 is 2.53 bits per heavy atom. The molecule has 84 valence electrons. The quantitative estimate of drug-likeness (QED) is 0.719. The monoisotopic (exact) mass is 229 g/mol. The normalized spacial score (nSPS) is 12.4. The van der Waals surface area contributed by atoms with Gasteiger partial charge in [-0.3, -0.25) is 4.79 Å². The van der Waals surface area contributed by atoms with Crippen LogP contribution in [0.4, 0.5) is 0 Å². The number of aliphatic hydroxyl groups is 1. The lowest BCUT2D eigenvalue weighted by atomic mass is 10.2. The Kier molecular flexibility index (Phi) is 5.28. The molecule has 0 bridgehead atoms. The number of amides is 1. The Hall–Kier alpha value is -0.940. The third-order valence-corrected chi connectivity index (χ3v) is 2.75. The molecule has 0 aliphatic rings. The molecule has 4 nitrogen and oxygen atoms in total. The van der Waals surface area contributed by atoms with Crippen molar-refractivity contribution in [2.24, 2.45) is 0 Å². The molecular weight excluding hydrogens is 214 g/mol. The molecule has 0 radical (unpaired) electrons. The first-order valence-corrected chi connectivity index (χ1v) is 5.91. The highest BCUT2D eigenvalue weighted by Crippen LogP contribution is 2.12. The second-order valence-electron chi connectivity index (χ2n) is 3.08. The minimum Gasteiger partial charge on any atom is -0.467 e. The van der Waals surface area contributed by atoms with E-state index < -0.39 is 0 Å². The van der Waals surface area contributed by atoms with E-state index in [1.165, 1.54) is 11.8 Å². The Morgan fingerprint density at radius 1 is 1.73 bits per heavy atom. The van der Waals surface area contributed by atoms with Gasteiger partial charge < -0.3 is 14.8 Å². The number of furan rings is 1. The van der Waals surface area contributed by atoms with Gasteiger partial charge in [0, 0.05) is 5.75 Å². The molecule has 15 heavy (non-hydrogen) atoms. The van der Waals surface area contributed by atoms with Crippen molar-refractivity contribution < 1.29 is 14.3 Å². The smallest absolute Gasteiger partial charge is 0.230 e. The fourth-order valence-corrected chi connectivity index (χ4v) is 1.66. The summed E-state index contributed by atoms with van der Waals surface area (Å²) in [5.74, 6) is 1.65. The molecule has 0 fully saturated rings. The predicted octanol–water partition coefficient (Wildman–Crippen LogP) is 1.18. The van der Waals surface area contributed by atoms with Crippen molar-refractivity contribution in [3.63, 3.8) is 0 Å². The van der Waals surface area contributed by atoms with E-state index in [4.69, 9.17) is 9.52 Å². The number of carbonyl (C=O) groups is 1. The molecule has 0 aliphatic carbocycles. The average Bonchev–Trinajstić information content (AvgIpc) is 2.70. The minimum atomic E-state index is -0.109. The van der Waals surface area contributed by atoms with E-state index in [2.05, 4.69) is 5.32 Å². The predicted molar refractivity (Wildman–Crippen MR) is 59.7 cm³/mol. The lowest BCUT2D eigenvalue weighted by Gasteiger charge is -2.10. The maximum atomic E-state index is 11.4. The molecule has 1 aromatic heterocycles. The molecule has 0 spiro atoms. The number of thioether (sulfide) groups is 1. The summed E-state index contributed by atoms with van der Waals surface area (Å²) in [5, 5.41) is 11.3. The Labute approximate surface area is 93.0 Å². The topological polar surface area (TPSA) is 62.5 Å². The van der Waals surface area contributed by atoms with Gasteiger partial charge in [0.2, 0.25) is 5.91 Å². The molecular formula is C10H15NO3S. The van der Waals surface area contributed by atoms with Gasteiger partial charge in [0.1, 0.15) is 5.76 Å². The number of carbonyl (C=O) groups excluding carboxylic acids is 1. The van der Waals surface area contributed by atoms with Crippen LogP contribution in [0.3, 0.4) is 0 Å². The zero-order valence-corrected chi connectivity index (χ0v) is 9.42. The summed E-state index contributed by atoms with van der Waals surface area (Å²) >= 11 is 1.41. The van der Waals surface area contributed by atoms with Gasteiger partial charge in [0.05, 0.1) is 24.7 Å². The van der Waals surface area contributed by atoms with Crippen molar-refractivity contribution in [3.05, 3.63) is 24.2 Å². The van der Waals surface area contributed by atoms with E-state index in [0.29, 0.717) is 11.5 Å². The molecule has 0 saturated carbocycles. The summed E-state index contributed by atoms with van der Waals surface area (Å²) in [6, 6.07) is 3.51. The first-order chi connectivity index (χ1) is 7.24. The van der Waals surface area contributed by atoms with E-state index in [1.807, 2.05) is 13.0 Å². The van der Waals surface area contributed by atoms with Gasteiger partial charge in [-0.25, -0.2) is 0 Å². The highest BCUT2D eigenvalue weighted by molar-refractivity contribution is 7.99. The molecule has 1 amide bonds. The van der Waals surface area contributed by atoms with Crippen molar-refractivity contribution in [1.29, 1.82) is 0 Å². The number of nitrogens with one attached hydrogen (secondary N) is 1. The van der Waals surface area contributed by atoms with Crippen LogP contribution in [0, 0.1) is 0 Å². The third kappa shape index (κ3) is 4.40. The van der Waals surface area contributed by atoms with Gasteiger partial charge in [-0.1, -0.05) is 0 Å². The third-order valence-electron chi connectivity index (χ3n) is 1.82. The number of rotatable bonds is 6. The second kappa shape index (κ2) is 6.53. The molecule has 2 N–H and O–H groups in total. The van der Waals surface area contributed by atoms with Crippen molar-refractivity contribution in [3.8, 4) is 0 Å². The van der Waals surface area contributed by atoms with Gasteiger partial charge in [-0.2, -0.15) is 0 Å². The van der Waals surface area contributed by atoms with E-state index in [0.717, 1.165) is 5.76 Å².